The van der Waals surface area contributed by atoms with E-state index in [1.807, 2.05) is 0 Å². The van der Waals surface area contributed by atoms with Crippen LogP contribution in [0, 0.1) is 24.0 Å². The van der Waals surface area contributed by atoms with Crippen LogP contribution in [0.2, 0.25) is 0 Å². The van der Waals surface area contributed by atoms with Crippen LogP contribution in [0.4, 0.5) is 11.4 Å². The van der Waals surface area contributed by atoms with Gasteiger partial charge in [-0.3, -0.25) is 10.1 Å². The minimum atomic E-state index is -0.426. The normalized spacial score (nSPS) is 10.2. The maximum Gasteiger partial charge on any atom is 0.272 e. The van der Waals surface area contributed by atoms with Gasteiger partial charge in [0.1, 0.15) is 5.75 Å². The highest BCUT2D eigenvalue weighted by molar-refractivity contribution is 5.47. The molecule has 1 aromatic carbocycles. The van der Waals surface area contributed by atoms with Gasteiger partial charge in [-0.1, -0.05) is 0 Å². The van der Waals surface area contributed by atoms with Gasteiger partial charge in [0.25, 0.3) is 5.69 Å². The molecular formula is C13H13N3O3. The lowest BCUT2D eigenvalue weighted by Gasteiger charge is -2.07. The van der Waals surface area contributed by atoms with Gasteiger partial charge in [-0.05, 0) is 32.0 Å². The summed E-state index contributed by atoms with van der Waals surface area (Å²) in [5.41, 5.74) is 7.53. The van der Waals surface area contributed by atoms with E-state index in [0.29, 0.717) is 28.6 Å². The lowest BCUT2D eigenvalue weighted by atomic mass is 10.2. The topological polar surface area (TPSA) is 91.3 Å². The standard InChI is InChI=1S/C13H13N3O3/c1-8-7-10(3-5-12(8)16(17)18)19-13-6-4-11(14)9(2)15-13/h3-7H,14H2,1-2H3. The van der Waals surface area contributed by atoms with Gasteiger partial charge in [0.05, 0.1) is 16.3 Å². The Bertz CT molecular complexity index is 641. The van der Waals surface area contributed by atoms with Gasteiger partial charge in [0.15, 0.2) is 0 Å². The van der Waals surface area contributed by atoms with E-state index in [2.05, 4.69) is 4.98 Å². The monoisotopic (exact) mass is 259 g/mol. The smallest absolute Gasteiger partial charge is 0.272 e. The highest BCUT2D eigenvalue weighted by atomic mass is 16.6. The number of hydrogen-bond acceptors (Lipinski definition) is 5. The van der Waals surface area contributed by atoms with Crippen LogP contribution < -0.4 is 10.5 Å². The summed E-state index contributed by atoms with van der Waals surface area (Å²) < 4.78 is 5.54. The Balaban J connectivity index is 2.26. The molecule has 2 rings (SSSR count). The van der Waals surface area contributed by atoms with Crippen molar-refractivity contribution in [3.63, 3.8) is 0 Å². The molecule has 0 bridgehead atoms. The van der Waals surface area contributed by atoms with Crippen LogP contribution in [0.1, 0.15) is 11.3 Å². The molecule has 2 N–H and O–H groups in total. The summed E-state index contributed by atoms with van der Waals surface area (Å²) in [6.07, 6.45) is 0. The first kappa shape index (κ1) is 12.8. The Morgan fingerprint density at radius 1 is 1.26 bits per heavy atom. The van der Waals surface area contributed by atoms with Crippen LogP contribution in [0.5, 0.6) is 11.6 Å². The van der Waals surface area contributed by atoms with Crippen LogP contribution in [0.3, 0.4) is 0 Å². The number of aromatic nitrogens is 1. The first-order chi connectivity index (χ1) is 8.97. The highest BCUT2D eigenvalue weighted by Gasteiger charge is 2.11. The van der Waals surface area contributed by atoms with Crippen molar-refractivity contribution in [1.29, 1.82) is 0 Å². The molecular weight excluding hydrogens is 246 g/mol. The molecule has 2 aromatic rings. The SMILES string of the molecule is Cc1cc(Oc2ccc(N)c(C)n2)ccc1[N+](=O)[O-]. The van der Waals surface area contributed by atoms with Crippen molar-refractivity contribution < 1.29 is 9.66 Å². The molecule has 0 aliphatic carbocycles. The number of pyridine rings is 1. The van der Waals surface area contributed by atoms with Gasteiger partial charge < -0.3 is 10.5 Å². The predicted molar refractivity (Wildman–Crippen MR) is 71.3 cm³/mol. The molecule has 98 valence electrons. The van der Waals surface area contributed by atoms with Gasteiger partial charge in [-0.2, -0.15) is 0 Å². The van der Waals surface area contributed by atoms with Gasteiger partial charge in [-0.15, -0.1) is 0 Å². The Hall–Kier alpha value is -2.63. The minimum absolute atomic E-state index is 0.0637. The van der Waals surface area contributed by atoms with E-state index in [1.165, 1.54) is 6.07 Å². The number of rotatable bonds is 3. The van der Waals surface area contributed by atoms with Crippen LogP contribution >= 0.6 is 0 Å². The molecule has 0 spiro atoms. The fourth-order valence-electron chi connectivity index (χ4n) is 1.62. The van der Waals surface area contributed by atoms with Gasteiger partial charge >= 0.3 is 0 Å². The number of hydrogen-bond donors (Lipinski definition) is 1. The Labute approximate surface area is 110 Å². The van der Waals surface area contributed by atoms with Crippen LogP contribution in [0.25, 0.3) is 0 Å². The molecule has 0 saturated heterocycles. The average Bonchev–Trinajstić information content (AvgIpc) is 2.33. The lowest BCUT2D eigenvalue weighted by Crippen LogP contribution is -1.96. The van der Waals surface area contributed by atoms with Crippen LogP contribution in [-0.2, 0) is 0 Å². The maximum absolute atomic E-state index is 10.7. The number of nitrogens with two attached hydrogens (primary N) is 1. The number of nitrogens with zero attached hydrogens (tertiary/aromatic N) is 2. The zero-order chi connectivity index (χ0) is 14.0. The van der Waals surface area contributed by atoms with Gasteiger partial charge in [0, 0.05) is 17.7 Å². The molecule has 0 amide bonds. The summed E-state index contributed by atoms with van der Waals surface area (Å²) in [7, 11) is 0. The first-order valence-electron chi connectivity index (χ1n) is 5.63. The van der Waals surface area contributed by atoms with E-state index < -0.39 is 4.92 Å². The second-order valence-corrected chi connectivity index (χ2v) is 4.13. The van der Waals surface area contributed by atoms with E-state index in [9.17, 15) is 10.1 Å². The third-order valence-electron chi connectivity index (χ3n) is 2.69. The zero-order valence-corrected chi connectivity index (χ0v) is 10.6. The molecule has 6 heteroatoms. The minimum Gasteiger partial charge on any atom is -0.439 e. The predicted octanol–water partition coefficient (Wildman–Crippen LogP) is 2.98. The fraction of sp³-hybridized carbons (Fsp3) is 0.154. The van der Waals surface area contributed by atoms with E-state index in [-0.39, 0.29) is 5.69 Å². The second-order valence-electron chi connectivity index (χ2n) is 4.13. The van der Waals surface area contributed by atoms with Crippen molar-refractivity contribution >= 4 is 11.4 Å². The van der Waals surface area contributed by atoms with E-state index in [0.717, 1.165) is 0 Å². The summed E-state index contributed by atoms with van der Waals surface area (Å²) in [5, 5.41) is 10.7. The van der Waals surface area contributed by atoms with Crippen LogP contribution in [-0.4, -0.2) is 9.91 Å². The number of nitro groups is 1. The summed E-state index contributed by atoms with van der Waals surface area (Å²) in [5.74, 6) is 0.903. The van der Waals surface area contributed by atoms with Crippen molar-refractivity contribution in [2.75, 3.05) is 5.73 Å². The zero-order valence-electron chi connectivity index (χ0n) is 10.6. The molecule has 0 saturated carbocycles. The molecule has 0 atom stereocenters. The molecule has 19 heavy (non-hydrogen) atoms. The Morgan fingerprint density at radius 2 is 2.00 bits per heavy atom. The van der Waals surface area contributed by atoms with Gasteiger partial charge in [-0.25, -0.2) is 4.98 Å². The summed E-state index contributed by atoms with van der Waals surface area (Å²) in [4.78, 5) is 14.5. The molecule has 0 radical (unpaired) electrons. The van der Waals surface area contributed by atoms with Crippen molar-refractivity contribution in [3.8, 4) is 11.6 Å². The van der Waals surface area contributed by atoms with E-state index >= 15 is 0 Å². The maximum atomic E-state index is 10.7. The third kappa shape index (κ3) is 2.79. The quantitative estimate of drug-likeness (QED) is 0.675. The third-order valence-corrected chi connectivity index (χ3v) is 2.69. The molecule has 0 fully saturated rings. The molecule has 1 heterocycles. The van der Waals surface area contributed by atoms with Crippen molar-refractivity contribution in [2.24, 2.45) is 0 Å². The van der Waals surface area contributed by atoms with Gasteiger partial charge in [0.2, 0.25) is 5.88 Å². The molecule has 6 nitrogen and oxygen atoms in total. The van der Waals surface area contributed by atoms with Crippen molar-refractivity contribution in [3.05, 3.63) is 51.7 Å². The largest absolute Gasteiger partial charge is 0.439 e. The molecule has 0 unspecified atom stereocenters. The average molecular weight is 259 g/mol. The Morgan fingerprint density at radius 3 is 2.58 bits per heavy atom. The van der Waals surface area contributed by atoms with Crippen molar-refractivity contribution in [2.45, 2.75) is 13.8 Å². The fourth-order valence-corrected chi connectivity index (χ4v) is 1.62. The van der Waals surface area contributed by atoms with E-state index in [4.69, 9.17) is 10.5 Å². The second kappa shape index (κ2) is 4.93. The number of aryl methyl sites for hydroxylation is 2. The van der Waals surface area contributed by atoms with E-state index in [1.54, 1.807) is 38.1 Å². The summed E-state index contributed by atoms with van der Waals surface area (Å²) in [6, 6.07) is 7.91. The summed E-state index contributed by atoms with van der Waals surface area (Å²) >= 11 is 0. The molecule has 1 aromatic heterocycles. The molecule has 0 aliphatic rings. The van der Waals surface area contributed by atoms with Crippen molar-refractivity contribution in [1.82, 2.24) is 4.98 Å². The number of ether oxygens (including phenoxy) is 1. The number of nitro benzene ring substituents is 1. The number of anilines is 1. The first-order valence-corrected chi connectivity index (χ1v) is 5.63. The molecule has 0 aliphatic heterocycles. The Kier molecular flexibility index (Phi) is 3.33. The van der Waals surface area contributed by atoms with Crippen LogP contribution in [0.15, 0.2) is 30.3 Å². The number of nitrogen functional groups attached to an aromatic ring is 1. The lowest BCUT2D eigenvalue weighted by molar-refractivity contribution is -0.385. The number of benzene rings is 1. The highest BCUT2D eigenvalue weighted by Crippen LogP contribution is 2.26. The summed E-state index contributed by atoms with van der Waals surface area (Å²) in [6.45, 7) is 3.44.